The molecule has 0 aromatic heterocycles. The smallest absolute Gasteiger partial charge is 0.339 e. The summed E-state index contributed by atoms with van der Waals surface area (Å²) in [5.74, 6) is -7.90. The maximum atomic E-state index is 12.9. The fraction of sp³-hybridized carbons (Fsp3) is 0.214. The van der Waals surface area contributed by atoms with Gasteiger partial charge in [0.2, 0.25) is 6.29 Å². The first-order valence-electron chi connectivity index (χ1n) is 12.6. The van der Waals surface area contributed by atoms with E-state index in [-0.39, 0.29) is 28.4 Å². The van der Waals surface area contributed by atoms with Crippen LogP contribution >= 0.6 is 0 Å². The Hall–Kier alpha value is -5.42. The van der Waals surface area contributed by atoms with Crippen molar-refractivity contribution in [3.63, 3.8) is 0 Å². The Kier molecular flexibility index (Phi) is 7.75. The number of aliphatic hydroxyl groups excluding tert-OH is 3. The van der Waals surface area contributed by atoms with Crippen LogP contribution in [0, 0.1) is 0 Å². The van der Waals surface area contributed by atoms with Crippen LogP contribution in [0.2, 0.25) is 0 Å². The number of hydrogen-bond acceptors (Lipinski definition) is 16. The maximum absolute atomic E-state index is 12.9. The first kappa shape index (κ1) is 30.1. The number of rotatable bonds is 6. The average Bonchev–Trinajstić information content (AvgIpc) is 2.97. The molecule has 232 valence electrons. The molecular weight excluding hydrogens is 592 g/mol. The topological polar surface area (TPSA) is 277 Å². The average molecular weight is 616 g/mol. The molecule has 0 radical (unpaired) electrons. The molecule has 5 atom stereocenters. The number of phenolic OH excluding ortho intramolecular Hbond substituents is 7. The van der Waals surface area contributed by atoms with Gasteiger partial charge in [0.05, 0.1) is 17.7 Å². The number of carbonyl (C=O) groups excluding carboxylic acids is 1. The standard InChI is InChI=1S/C28H24O16/c29-8-20-23(38)24(39)26(44-27(40)10-3-16(34)22(37)17(35)4-10)28(43-20)42-19-7-12-13(31)5-11(30)6-18(12)41-25(19)9-1-14(32)21(36)15(33)2-9/h1-7,20,23-24,26,28-29,31-39H,8H2/t20-,23+,24+,26-,28-/m1/s1. The zero-order valence-corrected chi connectivity index (χ0v) is 22.1. The first-order chi connectivity index (χ1) is 20.8. The molecule has 44 heavy (non-hydrogen) atoms. The van der Waals surface area contributed by atoms with Crippen molar-refractivity contribution in [1.29, 1.82) is 0 Å². The van der Waals surface area contributed by atoms with Gasteiger partial charge in [-0.2, -0.15) is 0 Å². The summed E-state index contributed by atoms with van der Waals surface area (Å²) in [5, 5.41) is 101. The second kappa shape index (κ2) is 11.3. The van der Waals surface area contributed by atoms with Gasteiger partial charge in [-0.15, -0.1) is 0 Å². The zero-order valence-electron chi connectivity index (χ0n) is 22.1. The van der Waals surface area contributed by atoms with E-state index in [0.717, 1.165) is 42.5 Å². The number of esters is 1. The van der Waals surface area contributed by atoms with E-state index in [1.54, 1.807) is 0 Å². The van der Waals surface area contributed by atoms with E-state index in [2.05, 4.69) is 0 Å². The number of aliphatic hydroxyl groups is 3. The first-order valence-corrected chi connectivity index (χ1v) is 12.6. The Morgan fingerprint density at radius 3 is 1.95 bits per heavy atom. The predicted octanol–water partition coefficient (Wildman–Crippen LogP) is 0.394. The molecule has 2 aliphatic heterocycles. The van der Waals surface area contributed by atoms with E-state index in [9.17, 15) is 60.7 Å². The number of ether oxygens (including phenoxy) is 3. The lowest BCUT2D eigenvalue weighted by Crippen LogP contribution is -2.61. The van der Waals surface area contributed by atoms with E-state index < -0.39 is 94.5 Å². The van der Waals surface area contributed by atoms with Gasteiger partial charge in [0.1, 0.15) is 29.8 Å². The summed E-state index contributed by atoms with van der Waals surface area (Å²) in [6.07, 6.45) is -9.08. The maximum Gasteiger partial charge on any atom is 0.339 e. The van der Waals surface area contributed by atoms with E-state index in [0.29, 0.717) is 0 Å². The van der Waals surface area contributed by atoms with Gasteiger partial charge >= 0.3 is 5.97 Å². The summed E-state index contributed by atoms with van der Waals surface area (Å²) in [5.41, 5.74) is -1.39. The highest BCUT2D eigenvalue weighted by Gasteiger charge is 2.48. The van der Waals surface area contributed by atoms with Gasteiger partial charge in [-0.3, -0.25) is 4.79 Å². The minimum atomic E-state index is -1.98. The largest absolute Gasteiger partial charge is 0.507 e. The van der Waals surface area contributed by atoms with E-state index in [1.807, 2.05) is 0 Å². The van der Waals surface area contributed by atoms with Crippen molar-refractivity contribution in [2.45, 2.75) is 30.7 Å². The van der Waals surface area contributed by atoms with Gasteiger partial charge in [-0.1, -0.05) is 0 Å². The third-order valence-corrected chi connectivity index (χ3v) is 6.75. The van der Waals surface area contributed by atoms with Crippen LogP contribution in [-0.4, -0.2) is 94.3 Å². The Balaban J connectivity index is 1.61. The van der Waals surface area contributed by atoms with Crippen LogP contribution < -0.4 is 10.2 Å². The van der Waals surface area contributed by atoms with Crippen LogP contribution in [0.3, 0.4) is 0 Å². The molecule has 0 bridgehead atoms. The van der Waals surface area contributed by atoms with E-state index in [1.165, 1.54) is 0 Å². The molecule has 10 N–H and O–H groups in total. The molecule has 16 nitrogen and oxygen atoms in total. The lowest BCUT2D eigenvalue weighted by molar-refractivity contribution is -0.276. The second-order valence-electron chi connectivity index (χ2n) is 9.71. The minimum absolute atomic E-state index is 0.0886. The summed E-state index contributed by atoms with van der Waals surface area (Å²) in [6.45, 7) is -0.847. The Morgan fingerprint density at radius 2 is 1.36 bits per heavy atom. The third-order valence-electron chi connectivity index (χ3n) is 6.75. The second-order valence-corrected chi connectivity index (χ2v) is 9.71. The molecule has 5 rings (SSSR count). The van der Waals surface area contributed by atoms with Gasteiger partial charge in [0.25, 0.3) is 0 Å². The Labute approximate surface area is 245 Å². The van der Waals surface area contributed by atoms with Crippen molar-refractivity contribution in [3.8, 4) is 68.6 Å². The molecule has 0 spiro atoms. The van der Waals surface area contributed by atoms with E-state index in [4.69, 9.17) is 18.6 Å². The van der Waals surface area contributed by atoms with Crippen molar-refractivity contribution in [2.24, 2.45) is 0 Å². The highest BCUT2D eigenvalue weighted by molar-refractivity contribution is 5.91. The fourth-order valence-corrected chi connectivity index (χ4v) is 4.51. The molecular formula is C28H24O16. The lowest BCUT2D eigenvalue weighted by atomic mass is 9.98. The molecule has 2 aromatic carbocycles. The number of phenols is 7. The summed E-state index contributed by atoms with van der Waals surface area (Å²) in [4.78, 5) is 24.9. The van der Waals surface area contributed by atoms with Crippen molar-refractivity contribution in [3.05, 3.63) is 58.3 Å². The molecule has 3 aliphatic rings. The summed E-state index contributed by atoms with van der Waals surface area (Å²) in [7, 11) is 0. The van der Waals surface area contributed by atoms with Crippen LogP contribution in [0.25, 0.3) is 22.6 Å². The van der Waals surface area contributed by atoms with Gasteiger partial charge in [-0.25, -0.2) is 4.79 Å². The van der Waals surface area contributed by atoms with Gasteiger partial charge in [0.15, 0.2) is 57.5 Å². The summed E-state index contributed by atoms with van der Waals surface area (Å²) < 4.78 is 22.5. The molecule has 1 aliphatic carbocycles. The quantitative estimate of drug-likeness (QED) is 0.104. The van der Waals surface area contributed by atoms with Gasteiger partial charge < -0.3 is 69.7 Å². The molecule has 16 heteroatoms. The van der Waals surface area contributed by atoms with Crippen molar-refractivity contribution >= 4 is 5.97 Å². The summed E-state index contributed by atoms with van der Waals surface area (Å²) in [6, 6.07) is 6.39. The number of aromatic hydroxyl groups is 7. The van der Waals surface area contributed by atoms with Gasteiger partial charge in [-0.05, 0) is 30.3 Å². The number of benzene rings is 3. The third kappa shape index (κ3) is 5.40. The number of fused-ring (bicyclic) bond motifs is 1. The number of carbonyl (C=O) groups is 1. The van der Waals surface area contributed by atoms with Crippen LogP contribution in [0.5, 0.6) is 46.0 Å². The van der Waals surface area contributed by atoms with Crippen molar-refractivity contribution in [2.75, 3.05) is 6.61 Å². The van der Waals surface area contributed by atoms with E-state index >= 15 is 0 Å². The molecule has 2 aromatic rings. The minimum Gasteiger partial charge on any atom is -0.507 e. The monoisotopic (exact) mass is 616 g/mol. The highest BCUT2D eigenvalue weighted by atomic mass is 16.7. The van der Waals surface area contributed by atoms with Crippen LogP contribution in [0.1, 0.15) is 10.4 Å². The number of hydrogen-bond donors (Lipinski definition) is 10. The SMILES string of the molecule is O=C(O[C@H]1[C@H](Oc2cc3c(O)cc(=O)cc-3oc2-c2cc(O)c(O)c(O)c2)O[C@H](CO)[C@H](O)[C@@H]1O)c1cc(O)c(O)c(O)c1. The molecule has 2 heterocycles. The lowest BCUT2D eigenvalue weighted by Gasteiger charge is -2.41. The molecule has 1 saturated heterocycles. The molecule has 0 saturated carbocycles. The normalized spacial score (nSPS) is 21.7. The van der Waals surface area contributed by atoms with Crippen molar-refractivity contribution in [1.82, 2.24) is 0 Å². The van der Waals surface area contributed by atoms with Crippen LogP contribution in [-0.2, 0) is 9.47 Å². The zero-order chi connectivity index (χ0) is 32.0. The Morgan fingerprint density at radius 1 is 0.773 bits per heavy atom. The molecule has 0 amide bonds. The fourth-order valence-electron chi connectivity index (χ4n) is 4.51. The van der Waals surface area contributed by atoms with Crippen molar-refractivity contribution < 1.29 is 74.5 Å². The van der Waals surface area contributed by atoms with Gasteiger partial charge in [0, 0.05) is 17.7 Å². The molecule has 1 fully saturated rings. The Bertz CT molecular complexity index is 1720. The summed E-state index contributed by atoms with van der Waals surface area (Å²) >= 11 is 0. The molecule has 0 unspecified atom stereocenters. The predicted molar refractivity (Wildman–Crippen MR) is 143 cm³/mol. The highest BCUT2D eigenvalue weighted by Crippen LogP contribution is 2.45. The van der Waals surface area contributed by atoms with Crippen LogP contribution in [0.15, 0.2) is 51.7 Å². The van der Waals surface area contributed by atoms with Crippen LogP contribution in [0.4, 0.5) is 0 Å².